The van der Waals surface area contributed by atoms with E-state index in [0.717, 1.165) is 0 Å². The van der Waals surface area contributed by atoms with Gasteiger partial charge in [0.15, 0.2) is 12.4 Å². The van der Waals surface area contributed by atoms with Gasteiger partial charge in [-0.1, -0.05) is 28.4 Å². The summed E-state index contributed by atoms with van der Waals surface area (Å²) in [6, 6.07) is 5.00. The highest BCUT2D eigenvalue weighted by Crippen LogP contribution is 2.21. The average molecular weight is 460 g/mol. The van der Waals surface area contributed by atoms with Crippen LogP contribution in [0.1, 0.15) is 22.5 Å². The molecule has 1 aromatic heterocycles. The molecular weight excluding hydrogens is 441 g/mol. The number of amides is 2. The molecule has 1 aromatic carbocycles. The molecule has 1 atom stereocenters. The Morgan fingerprint density at radius 1 is 1.28 bits per heavy atom. The number of nitrogens with one attached hydrogen (secondary N) is 2. The van der Waals surface area contributed by atoms with Crippen LogP contribution in [0.2, 0.25) is 10.0 Å². The summed E-state index contributed by atoms with van der Waals surface area (Å²) in [7, 11) is 0. The average Bonchev–Trinajstić information content (AvgIpc) is 3.07. The van der Waals surface area contributed by atoms with Crippen molar-refractivity contribution >= 4 is 58.6 Å². The number of anilines is 1. The molecule has 0 aliphatic heterocycles. The Bertz CT molecular complexity index is 890. The molecule has 29 heavy (non-hydrogen) atoms. The molecule has 1 heterocycles. The predicted molar refractivity (Wildman–Crippen MR) is 112 cm³/mol. The smallest absolute Gasteiger partial charge is 0.329 e. The summed E-state index contributed by atoms with van der Waals surface area (Å²) >= 11 is 13.4. The van der Waals surface area contributed by atoms with E-state index in [2.05, 4.69) is 15.8 Å². The lowest BCUT2D eigenvalue weighted by Crippen LogP contribution is -2.43. The Morgan fingerprint density at radius 3 is 2.66 bits per heavy atom. The maximum Gasteiger partial charge on any atom is 0.329 e. The lowest BCUT2D eigenvalue weighted by Gasteiger charge is -2.17. The van der Waals surface area contributed by atoms with E-state index in [1.165, 1.54) is 36.0 Å². The van der Waals surface area contributed by atoms with Crippen LogP contribution in [-0.2, 0) is 14.3 Å². The molecule has 0 radical (unpaired) electrons. The summed E-state index contributed by atoms with van der Waals surface area (Å²) in [5, 5.41) is 9.19. The van der Waals surface area contributed by atoms with E-state index in [4.69, 9.17) is 32.5 Å². The van der Waals surface area contributed by atoms with Gasteiger partial charge >= 0.3 is 5.97 Å². The van der Waals surface area contributed by atoms with Gasteiger partial charge in [0.1, 0.15) is 11.8 Å². The Hall–Kier alpha value is -2.23. The van der Waals surface area contributed by atoms with Crippen LogP contribution in [0.4, 0.5) is 5.82 Å². The van der Waals surface area contributed by atoms with Crippen molar-refractivity contribution in [2.24, 2.45) is 0 Å². The quantitative estimate of drug-likeness (QED) is 0.553. The molecule has 0 aliphatic rings. The van der Waals surface area contributed by atoms with Crippen LogP contribution in [0, 0.1) is 6.92 Å². The fourth-order valence-electron chi connectivity index (χ4n) is 2.24. The molecule has 0 spiro atoms. The van der Waals surface area contributed by atoms with E-state index in [0.29, 0.717) is 23.0 Å². The second kappa shape index (κ2) is 11.1. The summed E-state index contributed by atoms with van der Waals surface area (Å²) in [5.74, 6) is -0.520. The Labute approximate surface area is 181 Å². The minimum absolute atomic E-state index is 0.161. The number of ether oxygens (including phenoxy) is 1. The van der Waals surface area contributed by atoms with Crippen molar-refractivity contribution in [3.05, 3.63) is 45.6 Å². The molecule has 0 saturated heterocycles. The lowest BCUT2D eigenvalue weighted by atomic mass is 10.1. The first kappa shape index (κ1) is 23.1. The van der Waals surface area contributed by atoms with Crippen LogP contribution in [0.15, 0.2) is 28.8 Å². The van der Waals surface area contributed by atoms with Crippen LogP contribution in [0.25, 0.3) is 0 Å². The molecule has 2 N–H and O–H groups in total. The summed E-state index contributed by atoms with van der Waals surface area (Å²) in [5.41, 5.74) is 0.178. The number of carbonyl (C=O) groups is 3. The second-order valence-corrected chi connectivity index (χ2v) is 7.74. The molecule has 0 unspecified atom stereocenters. The maximum atomic E-state index is 12.5. The zero-order chi connectivity index (χ0) is 21.4. The monoisotopic (exact) mass is 459 g/mol. The highest BCUT2D eigenvalue weighted by atomic mass is 35.5. The molecule has 8 nitrogen and oxygen atoms in total. The van der Waals surface area contributed by atoms with E-state index in [9.17, 15) is 14.4 Å². The molecule has 2 aromatic rings. The van der Waals surface area contributed by atoms with Gasteiger partial charge in [0.05, 0.1) is 10.6 Å². The van der Waals surface area contributed by atoms with Crippen molar-refractivity contribution in [3.8, 4) is 0 Å². The number of rotatable bonds is 9. The van der Waals surface area contributed by atoms with Crippen LogP contribution in [-0.4, -0.2) is 47.6 Å². The number of esters is 1. The predicted octanol–water partition coefficient (Wildman–Crippen LogP) is 3.32. The zero-order valence-electron chi connectivity index (χ0n) is 15.7. The fraction of sp³-hybridized carbons (Fsp3) is 0.333. The largest absolute Gasteiger partial charge is 0.454 e. The third-order valence-electron chi connectivity index (χ3n) is 3.62. The molecule has 0 saturated carbocycles. The Balaban J connectivity index is 1.95. The van der Waals surface area contributed by atoms with Gasteiger partial charge in [-0.05, 0) is 43.6 Å². The number of carbonyl (C=O) groups excluding carboxylic acids is 3. The molecule has 2 rings (SSSR count). The minimum Gasteiger partial charge on any atom is -0.454 e. The van der Waals surface area contributed by atoms with Crippen molar-refractivity contribution in [2.45, 2.75) is 19.4 Å². The lowest BCUT2D eigenvalue weighted by molar-refractivity contribution is -0.149. The first-order valence-corrected chi connectivity index (χ1v) is 10.6. The van der Waals surface area contributed by atoms with Crippen molar-refractivity contribution in [2.75, 3.05) is 23.9 Å². The molecule has 0 fully saturated rings. The number of hydrogen-bond donors (Lipinski definition) is 2. The molecule has 11 heteroatoms. The second-order valence-electron chi connectivity index (χ2n) is 5.91. The van der Waals surface area contributed by atoms with Gasteiger partial charge in [-0.15, -0.1) is 0 Å². The van der Waals surface area contributed by atoms with Gasteiger partial charge in [0.2, 0.25) is 0 Å². The van der Waals surface area contributed by atoms with Crippen molar-refractivity contribution < 1.29 is 23.6 Å². The summed E-state index contributed by atoms with van der Waals surface area (Å²) in [6.07, 6.45) is 2.19. The summed E-state index contributed by atoms with van der Waals surface area (Å²) in [6.45, 7) is 1.15. The molecule has 0 aliphatic carbocycles. The SMILES string of the molecule is CSCC[C@H](NC(=O)c1ccc(Cl)cc1Cl)C(=O)OCC(=O)Nc1cc(C)on1. The number of hydrogen-bond acceptors (Lipinski definition) is 7. The van der Waals surface area contributed by atoms with E-state index >= 15 is 0 Å². The highest BCUT2D eigenvalue weighted by Gasteiger charge is 2.24. The van der Waals surface area contributed by atoms with Gasteiger partial charge < -0.3 is 19.9 Å². The van der Waals surface area contributed by atoms with Gasteiger partial charge in [-0.2, -0.15) is 11.8 Å². The maximum absolute atomic E-state index is 12.5. The van der Waals surface area contributed by atoms with Crippen LogP contribution in [0.5, 0.6) is 0 Å². The van der Waals surface area contributed by atoms with Gasteiger partial charge in [-0.3, -0.25) is 9.59 Å². The van der Waals surface area contributed by atoms with Gasteiger partial charge in [0, 0.05) is 11.1 Å². The summed E-state index contributed by atoms with van der Waals surface area (Å²) in [4.78, 5) is 36.8. The van der Waals surface area contributed by atoms with Crippen LogP contribution >= 0.6 is 35.0 Å². The standard InChI is InChI=1S/C18H19Cl2N3O5S/c1-10-7-15(23-28-10)22-16(24)9-27-18(26)14(5-6-29-2)21-17(25)12-4-3-11(19)8-13(12)20/h3-4,7-8,14H,5-6,9H2,1-2H3,(H,21,25)(H,22,23,24)/t14-/m0/s1. The normalized spacial score (nSPS) is 11.6. The van der Waals surface area contributed by atoms with E-state index in [1.54, 1.807) is 6.92 Å². The third kappa shape index (κ3) is 7.26. The van der Waals surface area contributed by atoms with E-state index in [-0.39, 0.29) is 16.4 Å². The number of aryl methyl sites for hydroxylation is 1. The van der Waals surface area contributed by atoms with Crippen molar-refractivity contribution in [1.29, 1.82) is 0 Å². The van der Waals surface area contributed by atoms with Gasteiger partial charge in [-0.25, -0.2) is 4.79 Å². The number of benzene rings is 1. The number of aromatic nitrogens is 1. The topological polar surface area (TPSA) is 111 Å². The first-order chi connectivity index (χ1) is 13.8. The number of halogens is 2. The first-order valence-electron chi connectivity index (χ1n) is 8.44. The van der Waals surface area contributed by atoms with E-state index < -0.39 is 30.4 Å². The molecule has 2 amide bonds. The van der Waals surface area contributed by atoms with Crippen LogP contribution in [0.3, 0.4) is 0 Å². The number of nitrogens with zero attached hydrogens (tertiary/aromatic N) is 1. The van der Waals surface area contributed by atoms with Crippen molar-refractivity contribution in [3.63, 3.8) is 0 Å². The zero-order valence-corrected chi connectivity index (χ0v) is 18.0. The Kier molecular flexibility index (Phi) is 8.81. The van der Waals surface area contributed by atoms with E-state index in [1.807, 2.05) is 6.26 Å². The molecule has 0 bridgehead atoms. The Morgan fingerprint density at radius 2 is 2.03 bits per heavy atom. The number of thioether (sulfide) groups is 1. The van der Waals surface area contributed by atoms with Crippen LogP contribution < -0.4 is 10.6 Å². The third-order valence-corrected chi connectivity index (χ3v) is 4.81. The molecule has 156 valence electrons. The fourth-order valence-corrected chi connectivity index (χ4v) is 3.20. The molecular formula is C18H19Cl2N3O5S. The summed E-state index contributed by atoms with van der Waals surface area (Å²) < 4.78 is 9.88. The van der Waals surface area contributed by atoms with Crippen molar-refractivity contribution in [1.82, 2.24) is 10.5 Å². The highest BCUT2D eigenvalue weighted by molar-refractivity contribution is 7.98. The minimum atomic E-state index is -0.941. The van der Waals surface area contributed by atoms with Gasteiger partial charge in [0.25, 0.3) is 11.8 Å².